The van der Waals surface area contributed by atoms with Gasteiger partial charge >= 0.3 is 6.18 Å². The molecule has 230 valence electrons. The molecule has 43 heavy (non-hydrogen) atoms. The largest absolute Gasteiger partial charge is 0.473 e. The van der Waals surface area contributed by atoms with Gasteiger partial charge in [-0.1, -0.05) is 35.8 Å². The van der Waals surface area contributed by atoms with Gasteiger partial charge in [-0.25, -0.2) is 4.39 Å². The second-order valence-corrected chi connectivity index (χ2v) is 12.0. The molecule has 0 unspecified atom stereocenters. The number of hydrogen-bond acceptors (Lipinski definition) is 6. The predicted octanol–water partition coefficient (Wildman–Crippen LogP) is 7.96. The molecule has 1 fully saturated rings. The van der Waals surface area contributed by atoms with Crippen LogP contribution in [-0.2, 0) is 16.9 Å². The first-order valence-corrected chi connectivity index (χ1v) is 14.4. The lowest BCUT2D eigenvalue weighted by Crippen LogP contribution is -2.46. The van der Waals surface area contributed by atoms with Crippen molar-refractivity contribution >= 4 is 11.6 Å². The molecule has 1 aromatic heterocycles. The standard InChI is InChI=1S/C32H36F4N4O3/c1-30(2,20-37)42-26-14-12-21(13-15-26)22-9-8-10-25(19-22)40(28(41)23-17-24(18-23)32(34,35)36)16-7-5-6-11-27-38-29(43-39-27)31(3,4)33/h8-10,12-15,19,23-24H,5-7,11,16-18H2,1-4H3. The number of amides is 1. The summed E-state index contributed by atoms with van der Waals surface area (Å²) in [7, 11) is 0. The Morgan fingerprint density at radius 1 is 1.02 bits per heavy atom. The van der Waals surface area contributed by atoms with E-state index in [9.17, 15) is 27.6 Å². The highest BCUT2D eigenvalue weighted by molar-refractivity contribution is 5.96. The van der Waals surface area contributed by atoms with Gasteiger partial charge in [0, 0.05) is 24.6 Å². The number of anilines is 1. The monoisotopic (exact) mass is 600 g/mol. The van der Waals surface area contributed by atoms with Gasteiger partial charge in [0.2, 0.25) is 5.91 Å². The van der Waals surface area contributed by atoms with Crippen LogP contribution in [0.4, 0.5) is 23.2 Å². The number of aromatic nitrogens is 2. The van der Waals surface area contributed by atoms with Crippen molar-refractivity contribution in [2.45, 2.75) is 83.7 Å². The summed E-state index contributed by atoms with van der Waals surface area (Å²) in [5.74, 6) is -1.58. The van der Waals surface area contributed by atoms with Gasteiger partial charge in [0.15, 0.2) is 17.1 Å². The maximum Gasteiger partial charge on any atom is 0.391 e. The van der Waals surface area contributed by atoms with E-state index in [0.29, 0.717) is 49.5 Å². The molecule has 3 aromatic rings. The van der Waals surface area contributed by atoms with Crippen molar-refractivity contribution in [3.05, 3.63) is 60.2 Å². The molecule has 0 saturated heterocycles. The lowest BCUT2D eigenvalue weighted by molar-refractivity contribution is -0.204. The summed E-state index contributed by atoms with van der Waals surface area (Å²) in [6, 6.07) is 16.7. The highest BCUT2D eigenvalue weighted by Gasteiger charge is 2.50. The SMILES string of the molecule is CC(C)(C#N)Oc1ccc(-c2cccc(N(CCCCCc3noc(C(C)(C)F)n3)C(=O)C3CC(C(F)(F)F)C3)c2)cc1. The number of rotatable bonds is 12. The maximum atomic E-state index is 14.0. The number of aryl methyl sites for hydroxylation is 1. The van der Waals surface area contributed by atoms with Crippen LogP contribution >= 0.6 is 0 Å². The molecule has 1 aliphatic carbocycles. The molecular weight excluding hydrogens is 564 g/mol. The molecular formula is C32H36F4N4O3. The summed E-state index contributed by atoms with van der Waals surface area (Å²) in [6.07, 6.45) is -2.26. The van der Waals surface area contributed by atoms with Crippen molar-refractivity contribution in [2.75, 3.05) is 11.4 Å². The van der Waals surface area contributed by atoms with E-state index in [2.05, 4.69) is 16.2 Å². The van der Waals surface area contributed by atoms with E-state index in [1.165, 1.54) is 13.8 Å². The van der Waals surface area contributed by atoms with Gasteiger partial charge in [0.25, 0.3) is 5.89 Å². The molecule has 7 nitrogen and oxygen atoms in total. The lowest BCUT2D eigenvalue weighted by Gasteiger charge is -2.38. The fourth-order valence-corrected chi connectivity index (χ4v) is 4.89. The Labute approximate surface area is 248 Å². The van der Waals surface area contributed by atoms with E-state index >= 15 is 0 Å². The third kappa shape index (κ3) is 8.33. The third-order valence-electron chi connectivity index (χ3n) is 7.46. The molecule has 0 spiro atoms. The maximum absolute atomic E-state index is 14.0. The predicted molar refractivity (Wildman–Crippen MR) is 153 cm³/mol. The number of alkyl halides is 4. The van der Waals surface area contributed by atoms with E-state index in [1.54, 1.807) is 36.9 Å². The minimum absolute atomic E-state index is 0.0787. The van der Waals surface area contributed by atoms with Gasteiger partial charge in [0.05, 0.1) is 5.92 Å². The molecule has 1 aliphatic rings. The van der Waals surface area contributed by atoms with Crippen molar-refractivity contribution in [1.82, 2.24) is 10.1 Å². The Hall–Kier alpha value is -3.94. The van der Waals surface area contributed by atoms with E-state index in [-0.39, 0.29) is 24.6 Å². The second kappa shape index (κ2) is 12.7. The van der Waals surface area contributed by atoms with E-state index < -0.39 is 29.3 Å². The van der Waals surface area contributed by atoms with Gasteiger partial charge in [-0.15, -0.1) is 0 Å². The van der Waals surface area contributed by atoms with Crippen LogP contribution in [0.15, 0.2) is 53.1 Å². The van der Waals surface area contributed by atoms with Gasteiger partial charge < -0.3 is 14.2 Å². The van der Waals surface area contributed by atoms with Crippen LogP contribution in [0.5, 0.6) is 5.75 Å². The number of benzene rings is 2. The summed E-state index contributed by atoms with van der Waals surface area (Å²) >= 11 is 0. The first-order valence-electron chi connectivity index (χ1n) is 14.4. The Balaban J connectivity index is 1.45. The van der Waals surface area contributed by atoms with Crippen molar-refractivity contribution in [2.24, 2.45) is 11.8 Å². The molecule has 2 aromatic carbocycles. The number of hydrogen-bond donors (Lipinski definition) is 0. The number of ether oxygens (including phenoxy) is 1. The van der Waals surface area contributed by atoms with Crippen LogP contribution in [0.2, 0.25) is 0 Å². The molecule has 0 radical (unpaired) electrons. The highest BCUT2D eigenvalue weighted by atomic mass is 19.4. The van der Waals surface area contributed by atoms with Crippen LogP contribution in [0.25, 0.3) is 11.1 Å². The number of carbonyl (C=O) groups excluding carboxylic acids is 1. The molecule has 0 N–H and O–H groups in total. The first-order chi connectivity index (χ1) is 20.2. The molecule has 1 saturated carbocycles. The number of nitriles is 1. The fourth-order valence-electron chi connectivity index (χ4n) is 4.89. The minimum atomic E-state index is -4.30. The van der Waals surface area contributed by atoms with E-state index in [4.69, 9.17) is 9.26 Å². The summed E-state index contributed by atoms with van der Waals surface area (Å²) in [4.78, 5) is 19.2. The molecule has 0 bridgehead atoms. The van der Waals surface area contributed by atoms with Gasteiger partial charge in [0.1, 0.15) is 11.8 Å². The first kappa shape index (κ1) is 32.0. The molecule has 11 heteroatoms. The van der Waals surface area contributed by atoms with Crippen molar-refractivity contribution in [3.8, 4) is 22.9 Å². The Morgan fingerprint density at radius 3 is 2.33 bits per heavy atom. The van der Waals surface area contributed by atoms with Crippen LogP contribution in [0.1, 0.15) is 71.5 Å². The van der Waals surface area contributed by atoms with Crippen LogP contribution in [-0.4, -0.2) is 34.4 Å². The van der Waals surface area contributed by atoms with Crippen LogP contribution in [0, 0.1) is 23.2 Å². The number of halogens is 4. The highest BCUT2D eigenvalue weighted by Crippen LogP contribution is 2.46. The normalized spacial score (nSPS) is 17.2. The molecule has 1 heterocycles. The van der Waals surface area contributed by atoms with Gasteiger partial charge in [-0.2, -0.15) is 23.4 Å². The minimum Gasteiger partial charge on any atom is -0.473 e. The second-order valence-electron chi connectivity index (χ2n) is 12.0. The Kier molecular flexibility index (Phi) is 9.47. The zero-order valence-electron chi connectivity index (χ0n) is 24.7. The van der Waals surface area contributed by atoms with Crippen molar-refractivity contribution in [1.29, 1.82) is 5.26 Å². The molecule has 4 rings (SSSR count). The summed E-state index contributed by atoms with van der Waals surface area (Å²) in [6.45, 7) is 6.35. The zero-order valence-corrected chi connectivity index (χ0v) is 24.7. The number of nitrogens with zero attached hydrogens (tertiary/aromatic N) is 4. The molecule has 0 aliphatic heterocycles. The van der Waals surface area contributed by atoms with E-state index in [1.807, 2.05) is 30.3 Å². The van der Waals surface area contributed by atoms with Gasteiger partial charge in [-0.05, 0) is 88.8 Å². The average molecular weight is 601 g/mol. The Bertz CT molecular complexity index is 1430. The number of carbonyl (C=O) groups is 1. The summed E-state index contributed by atoms with van der Waals surface area (Å²) in [5.41, 5.74) is -0.413. The summed E-state index contributed by atoms with van der Waals surface area (Å²) in [5, 5.41) is 13.0. The lowest BCUT2D eigenvalue weighted by atomic mass is 9.73. The average Bonchev–Trinajstić information content (AvgIpc) is 3.39. The number of unbranched alkanes of at least 4 members (excludes halogenated alkanes) is 2. The quantitative estimate of drug-likeness (QED) is 0.155. The fraction of sp³-hybridized carbons (Fsp3) is 0.500. The van der Waals surface area contributed by atoms with Crippen molar-refractivity contribution < 1.29 is 31.6 Å². The van der Waals surface area contributed by atoms with Crippen LogP contribution in [0.3, 0.4) is 0 Å². The van der Waals surface area contributed by atoms with Crippen molar-refractivity contribution in [3.63, 3.8) is 0 Å². The van der Waals surface area contributed by atoms with E-state index in [0.717, 1.165) is 11.1 Å². The molecule has 1 amide bonds. The third-order valence-corrected chi connectivity index (χ3v) is 7.46. The zero-order chi connectivity index (χ0) is 31.4. The van der Waals surface area contributed by atoms with Crippen LogP contribution < -0.4 is 9.64 Å². The Morgan fingerprint density at radius 2 is 1.72 bits per heavy atom. The summed E-state index contributed by atoms with van der Waals surface area (Å²) < 4.78 is 64.1. The smallest absolute Gasteiger partial charge is 0.391 e. The molecule has 0 atom stereocenters. The topological polar surface area (TPSA) is 92.2 Å². The van der Waals surface area contributed by atoms with Gasteiger partial charge in [-0.3, -0.25) is 4.79 Å².